The molecule has 150 valence electrons. The molecule has 1 unspecified atom stereocenters. The lowest BCUT2D eigenvalue weighted by Gasteiger charge is -2.33. The number of fused-ring (bicyclic) bond motifs is 1. The van der Waals surface area contributed by atoms with E-state index in [2.05, 4.69) is 10.6 Å². The van der Waals surface area contributed by atoms with Crippen molar-refractivity contribution in [2.75, 3.05) is 32.0 Å². The summed E-state index contributed by atoms with van der Waals surface area (Å²) in [6.45, 7) is 1.95. The first-order valence-corrected chi connectivity index (χ1v) is 9.68. The maximum Gasteiger partial charge on any atom is 0.253 e. The van der Waals surface area contributed by atoms with E-state index in [1.165, 1.54) is 12.1 Å². The van der Waals surface area contributed by atoms with E-state index in [0.717, 1.165) is 30.8 Å². The molecule has 0 spiro atoms. The van der Waals surface area contributed by atoms with Gasteiger partial charge in [-0.1, -0.05) is 29.3 Å². The summed E-state index contributed by atoms with van der Waals surface area (Å²) in [6, 6.07) is 8.56. The van der Waals surface area contributed by atoms with Crippen molar-refractivity contribution < 1.29 is 9.18 Å². The monoisotopic (exact) mass is 443 g/mol. The molecule has 1 atom stereocenters. The van der Waals surface area contributed by atoms with Gasteiger partial charge in [0.25, 0.3) is 5.91 Å². The predicted octanol–water partition coefficient (Wildman–Crippen LogP) is 4.48. The van der Waals surface area contributed by atoms with E-state index < -0.39 is 11.4 Å². The first-order valence-electron chi connectivity index (χ1n) is 8.92. The summed E-state index contributed by atoms with van der Waals surface area (Å²) in [5, 5.41) is 7.27. The van der Waals surface area contributed by atoms with Gasteiger partial charge >= 0.3 is 0 Å². The van der Waals surface area contributed by atoms with Crippen molar-refractivity contribution in [3.05, 3.63) is 62.9 Å². The highest BCUT2D eigenvalue weighted by atomic mass is 35.5. The fourth-order valence-corrected chi connectivity index (χ4v) is 4.47. The minimum atomic E-state index is -0.732. The van der Waals surface area contributed by atoms with Crippen LogP contribution in [-0.2, 0) is 12.0 Å². The Balaban J connectivity index is 0.00000225. The van der Waals surface area contributed by atoms with Crippen LogP contribution in [0.3, 0.4) is 0 Å². The van der Waals surface area contributed by atoms with E-state index >= 15 is 0 Å². The fourth-order valence-electron chi connectivity index (χ4n) is 3.98. The quantitative estimate of drug-likeness (QED) is 0.686. The lowest BCUT2D eigenvalue weighted by molar-refractivity contribution is 0.0781. The Bertz CT molecular complexity index is 916. The summed E-state index contributed by atoms with van der Waals surface area (Å²) < 4.78 is 14.7. The summed E-state index contributed by atoms with van der Waals surface area (Å²) in [7, 11) is 1.80. The molecule has 2 aromatic rings. The van der Waals surface area contributed by atoms with Crippen molar-refractivity contribution >= 4 is 47.2 Å². The minimum absolute atomic E-state index is 0. The number of hydrogen-bond acceptors (Lipinski definition) is 3. The third-order valence-electron chi connectivity index (χ3n) is 5.47. The van der Waals surface area contributed by atoms with E-state index in [1.807, 2.05) is 18.2 Å². The lowest BCUT2D eigenvalue weighted by atomic mass is 9.87. The summed E-state index contributed by atoms with van der Waals surface area (Å²) in [6.07, 6.45) is 1.48. The van der Waals surface area contributed by atoms with Crippen LogP contribution >= 0.6 is 35.6 Å². The third-order valence-corrected chi connectivity index (χ3v) is 6.27. The topological polar surface area (TPSA) is 44.4 Å². The smallest absolute Gasteiger partial charge is 0.253 e. The molecule has 28 heavy (non-hydrogen) atoms. The molecule has 4 rings (SSSR count). The molecule has 0 aromatic heterocycles. The van der Waals surface area contributed by atoms with Crippen LogP contribution in [0.4, 0.5) is 10.1 Å². The van der Waals surface area contributed by atoms with Crippen LogP contribution in [-0.4, -0.2) is 37.5 Å². The van der Waals surface area contributed by atoms with Gasteiger partial charge in [-0.3, -0.25) is 4.79 Å². The van der Waals surface area contributed by atoms with Crippen LogP contribution in [0, 0.1) is 5.82 Å². The zero-order valence-corrected chi connectivity index (χ0v) is 17.6. The van der Waals surface area contributed by atoms with Gasteiger partial charge in [0.2, 0.25) is 0 Å². The SMILES string of the molecule is CN1CCc2ccc(NC3(c4c(F)ccc(Cl)c4Cl)CCNC3)cc2C1=O.Cl. The molecular weight excluding hydrogens is 424 g/mol. The summed E-state index contributed by atoms with van der Waals surface area (Å²) in [5.41, 5.74) is 2.12. The molecule has 4 nitrogen and oxygen atoms in total. The number of benzene rings is 2. The molecule has 2 aliphatic heterocycles. The Kier molecular flexibility index (Phi) is 6.11. The highest BCUT2D eigenvalue weighted by Gasteiger charge is 2.40. The highest BCUT2D eigenvalue weighted by Crippen LogP contribution is 2.41. The largest absolute Gasteiger partial charge is 0.374 e. The Morgan fingerprint density at radius 3 is 2.75 bits per heavy atom. The first-order chi connectivity index (χ1) is 12.9. The van der Waals surface area contributed by atoms with Gasteiger partial charge < -0.3 is 15.5 Å². The molecule has 0 bridgehead atoms. The molecule has 2 aromatic carbocycles. The van der Waals surface area contributed by atoms with E-state index in [0.29, 0.717) is 29.1 Å². The molecule has 8 heteroatoms. The molecule has 0 saturated carbocycles. The highest BCUT2D eigenvalue weighted by molar-refractivity contribution is 6.42. The summed E-state index contributed by atoms with van der Waals surface area (Å²) in [4.78, 5) is 14.2. The van der Waals surface area contributed by atoms with Gasteiger partial charge in [0.1, 0.15) is 5.82 Å². The number of nitrogens with zero attached hydrogens (tertiary/aromatic N) is 1. The molecule has 1 saturated heterocycles. The Hall–Kier alpha value is -1.53. The van der Waals surface area contributed by atoms with Crippen molar-refractivity contribution in [3.63, 3.8) is 0 Å². The minimum Gasteiger partial charge on any atom is -0.374 e. The van der Waals surface area contributed by atoms with Crippen molar-refractivity contribution in [1.82, 2.24) is 10.2 Å². The number of rotatable bonds is 3. The zero-order chi connectivity index (χ0) is 19.2. The lowest BCUT2D eigenvalue weighted by Crippen LogP contribution is -2.39. The molecule has 2 heterocycles. The van der Waals surface area contributed by atoms with Crippen LogP contribution in [0.5, 0.6) is 0 Å². The number of hydrogen-bond donors (Lipinski definition) is 2. The van der Waals surface area contributed by atoms with Crippen molar-refractivity contribution in [3.8, 4) is 0 Å². The number of amides is 1. The number of halogens is 4. The second-order valence-electron chi connectivity index (χ2n) is 7.20. The van der Waals surface area contributed by atoms with E-state index in [-0.39, 0.29) is 23.3 Å². The van der Waals surface area contributed by atoms with Crippen LogP contribution < -0.4 is 10.6 Å². The second-order valence-corrected chi connectivity index (χ2v) is 7.99. The maximum absolute atomic E-state index is 14.7. The van der Waals surface area contributed by atoms with Crippen LogP contribution in [0.1, 0.15) is 27.9 Å². The molecule has 0 radical (unpaired) electrons. The Morgan fingerprint density at radius 2 is 2.04 bits per heavy atom. The molecule has 1 amide bonds. The summed E-state index contributed by atoms with van der Waals surface area (Å²) in [5.74, 6) is -0.389. The number of carbonyl (C=O) groups is 1. The number of anilines is 1. The number of likely N-dealkylation sites (N-methyl/N-ethyl adjacent to an activating group) is 1. The maximum atomic E-state index is 14.7. The van der Waals surface area contributed by atoms with Crippen LogP contribution in [0.15, 0.2) is 30.3 Å². The fraction of sp³-hybridized carbons (Fsp3) is 0.350. The van der Waals surface area contributed by atoms with Gasteiger partial charge in [0.05, 0.1) is 15.6 Å². The van der Waals surface area contributed by atoms with E-state index in [9.17, 15) is 9.18 Å². The average Bonchev–Trinajstić information content (AvgIpc) is 3.11. The van der Waals surface area contributed by atoms with E-state index in [1.54, 1.807) is 11.9 Å². The Morgan fingerprint density at radius 1 is 1.25 bits per heavy atom. The average molecular weight is 445 g/mol. The Labute approximate surface area is 179 Å². The van der Waals surface area contributed by atoms with Gasteiger partial charge in [-0.15, -0.1) is 12.4 Å². The second kappa shape index (κ2) is 8.07. The third kappa shape index (κ3) is 3.57. The molecule has 2 N–H and O–H groups in total. The van der Waals surface area contributed by atoms with Gasteiger partial charge in [0, 0.05) is 37.0 Å². The van der Waals surface area contributed by atoms with Gasteiger partial charge in [-0.2, -0.15) is 0 Å². The molecule has 1 fully saturated rings. The predicted molar refractivity (Wildman–Crippen MR) is 114 cm³/mol. The zero-order valence-electron chi connectivity index (χ0n) is 15.3. The molecule has 2 aliphatic rings. The van der Waals surface area contributed by atoms with Gasteiger partial charge in [-0.25, -0.2) is 4.39 Å². The van der Waals surface area contributed by atoms with Crippen LogP contribution in [0.25, 0.3) is 0 Å². The molecular formula is C20H21Cl3FN3O. The van der Waals surface area contributed by atoms with Gasteiger partial charge in [-0.05, 0) is 49.2 Å². The van der Waals surface area contributed by atoms with Crippen molar-refractivity contribution in [1.29, 1.82) is 0 Å². The standard InChI is InChI=1S/C20H20Cl2FN3O.ClH/c1-26-9-6-12-2-3-13(10-14(12)19(26)27)25-20(7-8-24-11-20)17-16(23)5-4-15(21)18(17)22;/h2-5,10,24-25H,6-9,11H2,1H3;1H. The van der Waals surface area contributed by atoms with Crippen molar-refractivity contribution in [2.45, 2.75) is 18.4 Å². The number of carbonyl (C=O) groups excluding carboxylic acids is 1. The number of nitrogens with one attached hydrogen (secondary N) is 2. The summed E-state index contributed by atoms with van der Waals surface area (Å²) >= 11 is 12.6. The van der Waals surface area contributed by atoms with Crippen molar-refractivity contribution in [2.24, 2.45) is 0 Å². The first kappa shape index (κ1) is 21.2. The molecule has 0 aliphatic carbocycles. The van der Waals surface area contributed by atoms with Crippen LogP contribution in [0.2, 0.25) is 10.0 Å². The van der Waals surface area contributed by atoms with E-state index in [4.69, 9.17) is 23.2 Å². The normalized spacial score (nSPS) is 21.3. The van der Waals surface area contributed by atoms with Gasteiger partial charge in [0.15, 0.2) is 0 Å².